The molecule has 0 saturated carbocycles. The lowest BCUT2D eigenvalue weighted by Crippen LogP contribution is -2.12. The van der Waals surface area contributed by atoms with Crippen molar-refractivity contribution >= 4 is 0 Å². The Balaban J connectivity index is 0.000000257. The van der Waals surface area contributed by atoms with E-state index in [-0.39, 0.29) is 0 Å². The fourth-order valence-electron chi connectivity index (χ4n) is 2.77. The van der Waals surface area contributed by atoms with Crippen LogP contribution in [-0.2, 0) is 14.2 Å². The molecule has 3 heteroatoms. The molecule has 3 nitrogen and oxygen atoms in total. The van der Waals surface area contributed by atoms with Crippen LogP contribution in [0, 0.1) is 11.8 Å². The second-order valence-corrected chi connectivity index (χ2v) is 6.71. The number of ether oxygens (including phenoxy) is 3. The highest BCUT2D eigenvalue weighted by Gasteiger charge is 2.23. The van der Waals surface area contributed by atoms with Crippen LogP contribution < -0.4 is 0 Å². The summed E-state index contributed by atoms with van der Waals surface area (Å²) in [5, 5.41) is 0. The third-order valence-electron chi connectivity index (χ3n) is 4.83. The SMILES string of the molecule is CC(C)[C@H](C)c1ccccc1.CCC1C=C(OC)C(OC)=C(OC)C1. The number of benzene rings is 1. The van der Waals surface area contributed by atoms with E-state index in [0.29, 0.717) is 11.8 Å². The van der Waals surface area contributed by atoms with Crippen LogP contribution in [0.2, 0.25) is 0 Å². The molecule has 0 N–H and O–H groups in total. The lowest BCUT2D eigenvalue weighted by molar-refractivity contribution is 0.165. The lowest BCUT2D eigenvalue weighted by Gasteiger charge is -2.23. The summed E-state index contributed by atoms with van der Waals surface area (Å²) in [7, 11) is 4.95. The van der Waals surface area contributed by atoms with E-state index in [0.717, 1.165) is 36.0 Å². The Morgan fingerprint density at radius 2 is 1.60 bits per heavy atom. The van der Waals surface area contributed by atoms with Crippen LogP contribution in [0.4, 0.5) is 0 Å². The normalized spacial score (nSPS) is 18.1. The minimum atomic E-state index is 0.485. The van der Waals surface area contributed by atoms with Crippen molar-refractivity contribution in [2.45, 2.75) is 46.5 Å². The van der Waals surface area contributed by atoms with Gasteiger partial charge in [0.25, 0.3) is 0 Å². The van der Waals surface area contributed by atoms with Crippen molar-refractivity contribution in [1.82, 2.24) is 0 Å². The zero-order valence-electron chi connectivity index (χ0n) is 16.8. The van der Waals surface area contributed by atoms with Gasteiger partial charge in [-0.2, -0.15) is 0 Å². The summed E-state index contributed by atoms with van der Waals surface area (Å²) in [6.07, 6.45) is 4.07. The average molecular weight is 347 g/mol. The molecule has 0 fully saturated rings. The van der Waals surface area contributed by atoms with Crippen LogP contribution >= 0.6 is 0 Å². The summed E-state index contributed by atoms with van der Waals surface area (Å²) >= 11 is 0. The Morgan fingerprint density at radius 1 is 0.960 bits per heavy atom. The highest BCUT2D eigenvalue weighted by atomic mass is 16.5. The molecule has 1 aliphatic carbocycles. The maximum atomic E-state index is 5.29. The lowest BCUT2D eigenvalue weighted by atomic mass is 9.91. The number of methoxy groups -OCH3 is 3. The number of rotatable bonds is 6. The van der Waals surface area contributed by atoms with Crippen LogP contribution in [0.5, 0.6) is 0 Å². The molecular formula is C22H34O3. The Hall–Kier alpha value is -1.90. The topological polar surface area (TPSA) is 27.7 Å². The Kier molecular flexibility index (Phi) is 9.18. The Bertz CT molecular complexity index is 558. The van der Waals surface area contributed by atoms with Gasteiger partial charge in [0, 0.05) is 6.42 Å². The van der Waals surface area contributed by atoms with Gasteiger partial charge in [-0.3, -0.25) is 0 Å². The average Bonchev–Trinajstić information content (AvgIpc) is 2.67. The molecule has 1 aromatic rings. The van der Waals surface area contributed by atoms with Crippen LogP contribution in [0.25, 0.3) is 0 Å². The predicted octanol–water partition coefficient (Wildman–Crippen LogP) is 5.90. The molecule has 1 aromatic carbocycles. The molecule has 0 radical (unpaired) electrons. The minimum absolute atomic E-state index is 0.485. The van der Waals surface area contributed by atoms with Crippen molar-refractivity contribution in [2.75, 3.05) is 21.3 Å². The maximum Gasteiger partial charge on any atom is 0.198 e. The molecule has 1 unspecified atom stereocenters. The third-order valence-corrected chi connectivity index (χ3v) is 4.83. The van der Waals surface area contributed by atoms with E-state index in [9.17, 15) is 0 Å². The van der Waals surface area contributed by atoms with Gasteiger partial charge >= 0.3 is 0 Å². The molecule has 0 aliphatic heterocycles. The molecule has 0 spiro atoms. The van der Waals surface area contributed by atoms with Crippen LogP contribution in [0.1, 0.15) is 52.0 Å². The molecule has 0 saturated heterocycles. The van der Waals surface area contributed by atoms with Crippen LogP contribution in [0.3, 0.4) is 0 Å². The van der Waals surface area contributed by atoms with Crippen LogP contribution in [0.15, 0.2) is 53.7 Å². The van der Waals surface area contributed by atoms with Gasteiger partial charge in [-0.25, -0.2) is 0 Å². The first-order chi connectivity index (χ1) is 12.0. The second kappa shape index (κ2) is 10.9. The zero-order valence-corrected chi connectivity index (χ0v) is 16.8. The Labute approximate surface area is 153 Å². The highest BCUT2D eigenvalue weighted by Crippen LogP contribution is 2.31. The first-order valence-corrected chi connectivity index (χ1v) is 9.10. The fraction of sp³-hybridized carbons (Fsp3) is 0.545. The number of allylic oxidation sites excluding steroid dienone is 2. The summed E-state index contributed by atoms with van der Waals surface area (Å²) in [4.78, 5) is 0. The van der Waals surface area contributed by atoms with Crippen molar-refractivity contribution in [1.29, 1.82) is 0 Å². The van der Waals surface area contributed by atoms with Crippen molar-refractivity contribution in [3.63, 3.8) is 0 Å². The van der Waals surface area contributed by atoms with Crippen LogP contribution in [-0.4, -0.2) is 21.3 Å². The van der Waals surface area contributed by atoms with E-state index in [1.807, 2.05) is 0 Å². The van der Waals surface area contributed by atoms with Gasteiger partial charge < -0.3 is 14.2 Å². The first-order valence-electron chi connectivity index (χ1n) is 9.10. The summed E-state index contributed by atoms with van der Waals surface area (Å²) in [5.74, 6) is 4.27. The quantitative estimate of drug-likeness (QED) is 0.642. The summed E-state index contributed by atoms with van der Waals surface area (Å²) in [5.41, 5.74) is 1.45. The van der Waals surface area contributed by atoms with Crippen molar-refractivity contribution in [3.8, 4) is 0 Å². The van der Waals surface area contributed by atoms with Crippen molar-refractivity contribution < 1.29 is 14.2 Å². The van der Waals surface area contributed by atoms with E-state index in [1.165, 1.54) is 5.56 Å². The smallest absolute Gasteiger partial charge is 0.198 e. The Morgan fingerprint density at radius 3 is 2.04 bits per heavy atom. The molecule has 140 valence electrons. The molecular weight excluding hydrogens is 312 g/mol. The van der Waals surface area contributed by atoms with Gasteiger partial charge in [-0.05, 0) is 35.8 Å². The molecule has 2 atom stereocenters. The molecule has 25 heavy (non-hydrogen) atoms. The molecule has 0 amide bonds. The first kappa shape index (κ1) is 21.1. The van der Waals surface area contributed by atoms with E-state index >= 15 is 0 Å². The standard InChI is InChI=1S/C11H18O3.C11H16/c1-5-8-6-9(12-2)11(14-4)10(7-8)13-3;1-9(2)10(3)11-7-5-4-6-8-11/h6,8H,5,7H2,1-4H3;4-10H,1-3H3/t;10-/m.0/s1. The van der Waals surface area contributed by atoms with Gasteiger partial charge in [0.15, 0.2) is 11.5 Å². The number of hydrogen-bond acceptors (Lipinski definition) is 3. The van der Waals surface area contributed by atoms with E-state index < -0.39 is 0 Å². The molecule has 0 heterocycles. The second-order valence-electron chi connectivity index (χ2n) is 6.71. The number of hydrogen-bond donors (Lipinski definition) is 0. The van der Waals surface area contributed by atoms with Crippen molar-refractivity contribution in [2.24, 2.45) is 11.8 Å². The van der Waals surface area contributed by atoms with Gasteiger partial charge in [-0.1, -0.05) is 58.0 Å². The predicted molar refractivity (Wildman–Crippen MR) is 104 cm³/mol. The molecule has 1 aliphatic rings. The minimum Gasteiger partial charge on any atom is -0.497 e. The molecule has 0 bridgehead atoms. The van der Waals surface area contributed by atoms with Crippen molar-refractivity contribution in [3.05, 3.63) is 59.2 Å². The fourth-order valence-corrected chi connectivity index (χ4v) is 2.77. The van der Waals surface area contributed by atoms with E-state index in [4.69, 9.17) is 14.2 Å². The van der Waals surface area contributed by atoms with E-state index in [1.54, 1.807) is 21.3 Å². The molecule has 0 aromatic heterocycles. The monoisotopic (exact) mass is 346 g/mol. The largest absolute Gasteiger partial charge is 0.497 e. The highest BCUT2D eigenvalue weighted by molar-refractivity contribution is 5.28. The van der Waals surface area contributed by atoms with Gasteiger partial charge in [0.1, 0.15) is 5.76 Å². The summed E-state index contributed by atoms with van der Waals surface area (Å²) in [6.45, 7) is 8.95. The van der Waals surface area contributed by atoms with Gasteiger partial charge in [0.05, 0.1) is 21.3 Å². The summed E-state index contributed by atoms with van der Waals surface area (Å²) in [6, 6.07) is 10.7. The van der Waals surface area contributed by atoms with Gasteiger partial charge in [0.2, 0.25) is 0 Å². The maximum absolute atomic E-state index is 5.29. The summed E-state index contributed by atoms with van der Waals surface area (Å²) < 4.78 is 15.8. The zero-order chi connectivity index (χ0) is 18.8. The van der Waals surface area contributed by atoms with E-state index in [2.05, 4.69) is 64.1 Å². The van der Waals surface area contributed by atoms with Gasteiger partial charge in [-0.15, -0.1) is 0 Å². The third kappa shape index (κ3) is 6.15. The molecule has 2 rings (SSSR count).